The Labute approximate surface area is 228 Å². The second-order valence-corrected chi connectivity index (χ2v) is 9.61. The number of benzene rings is 1. The fourth-order valence-electron chi connectivity index (χ4n) is 4.66. The van der Waals surface area contributed by atoms with Gasteiger partial charge in [-0.05, 0) is 31.0 Å². The maximum Gasteiger partial charge on any atom is 0.326 e. The summed E-state index contributed by atoms with van der Waals surface area (Å²) >= 11 is 0. The molecular weight excluding hydrogens is 522 g/mol. The predicted molar refractivity (Wildman–Crippen MR) is 141 cm³/mol. The van der Waals surface area contributed by atoms with Crippen LogP contribution >= 0.6 is 0 Å². The lowest BCUT2D eigenvalue weighted by atomic mass is 10.0. The number of amides is 3. The van der Waals surface area contributed by atoms with Gasteiger partial charge in [0.25, 0.3) is 0 Å². The summed E-state index contributed by atoms with van der Waals surface area (Å²) in [6, 6.07) is 2.98. The molecule has 1 fully saturated rings. The van der Waals surface area contributed by atoms with Crippen molar-refractivity contribution >= 4 is 40.6 Å². The van der Waals surface area contributed by atoms with Gasteiger partial charge < -0.3 is 41.4 Å². The zero-order valence-electron chi connectivity index (χ0n) is 21.5. The van der Waals surface area contributed by atoms with Crippen molar-refractivity contribution in [2.45, 2.75) is 56.3 Å². The number of carbonyl (C=O) groups is 5. The van der Waals surface area contributed by atoms with Crippen molar-refractivity contribution in [3.05, 3.63) is 54.2 Å². The lowest BCUT2D eigenvalue weighted by molar-refractivity contribution is -0.147. The molecule has 3 heterocycles. The lowest BCUT2D eigenvalue weighted by Gasteiger charge is -2.25. The molecule has 1 saturated heterocycles. The monoisotopic (exact) mass is 553 g/mol. The molecule has 14 nitrogen and oxygen atoms in total. The van der Waals surface area contributed by atoms with E-state index in [9.17, 15) is 29.1 Å². The molecule has 3 aromatic rings. The zero-order chi connectivity index (χ0) is 28.6. The number of carboxylic acids is 2. The zero-order valence-corrected chi connectivity index (χ0v) is 21.5. The highest BCUT2D eigenvalue weighted by molar-refractivity contribution is 5.95. The van der Waals surface area contributed by atoms with Gasteiger partial charge in [0.05, 0.1) is 18.8 Å². The predicted octanol–water partition coefficient (Wildman–Crippen LogP) is -0.558. The molecule has 3 amide bonds. The minimum atomic E-state index is -1.71. The highest BCUT2D eigenvalue weighted by Gasteiger charge is 2.33. The topological polar surface area (TPSA) is 218 Å². The van der Waals surface area contributed by atoms with Gasteiger partial charge in [0.1, 0.15) is 18.1 Å². The van der Waals surface area contributed by atoms with Crippen LogP contribution in [0.25, 0.3) is 10.9 Å². The lowest BCUT2D eigenvalue weighted by Crippen LogP contribution is -2.58. The molecule has 1 aliphatic heterocycles. The summed E-state index contributed by atoms with van der Waals surface area (Å²) in [5.41, 5.74) is 2.10. The van der Waals surface area contributed by atoms with Gasteiger partial charge in [-0.25, -0.2) is 9.78 Å². The molecule has 212 valence electrons. The van der Waals surface area contributed by atoms with Crippen LogP contribution in [0.5, 0.6) is 0 Å². The van der Waals surface area contributed by atoms with Crippen molar-refractivity contribution < 1.29 is 34.2 Å². The van der Waals surface area contributed by atoms with Gasteiger partial charge in [-0.1, -0.05) is 18.2 Å². The minimum Gasteiger partial charge on any atom is -0.481 e. The first kappa shape index (κ1) is 28.3. The van der Waals surface area contributed by atoms with Gasteiger partial charge in [-0.15, -0.1) is 0 Å². The Morgan fingerprint density at radius 3 is 2.33 bits per heavy atom. The molecule has 8 N–H and O–H groups in total. The van der Waals surface area contributed by atoms with Crippen LogP contribution in [0.1, 0.15) is 30.5 Å². The molecule has 0 bridgehead atoms. The first-order valence-corrected chi connectivity index (χ1v) is 12.8. The number of H-pyrrole nitrogens is 2. The molecule has 0 spiro atoms. The molecule has 40 heavy (non-hydrogen) atoms. The van der Waals surface area contributed by atoms with Gasteiger partial charge in [0, 0.05) is 41.8 Å². The van der Waals surface area contributed by atoms with Crippen molar-refractivity contribution in [3.63, 3.8) is 0 Å². The summed E-state index contributed by atoms with van der Waals surface area (Å²) in [4.78, 5) is 72.2. The summed E-state index contributed by atoms with van der Waals surface area (Å²) in [7, 11) is 0. The summed E-state index contributed by atoms with van der Waals surface area (Å²) in [5.74, 6) is -4.85. The molecule has 4 rings (SSSR count). The smallest absolute Gasteiger partial charge is 0.326 e. The number of aromatic nitrogens is 3. The second-order valence-electron chi connectivity index (χ2n) is 9.61. The number of aliphatic carboxylic acids is 2. The summed E-state index contributed by atoms with van der Waals surface area (Å²) in [5, 5.41) is 30.0. The highest BCUT2D eigenvalue weighted by Crippen LogP contribution is 2.19. The van der Waals surface area contributed by atoms with E-state index in [4.69, 9.17) is 5.11 Å². The number of aromatic amines is 2. The van der Waals surface area contributed by atoms with Gasteiger partial charge in [0.15, 0.2) is 0 Å². The Morgan fingerprint density at radius 2 is 1.68 bits per heavy atom. The molecule has 2 aromatic heterocycles. The minimum absolute atomic E-state index is 0.0884. The van der Waals surface area contributed by atoms with E-state index in [2.05, 4.69) is 36.2 Å². The van der Waals surface area contributed by atoms with Crippen molar-refractivity contribution in [1.82, 2.24) is 36.2 Å². The van der Waals surface area contributed by atoms with E-state index in [0.29, 0.717) is 18.7 Å². The molecule has 0 aliphatic carbocycles. The number of imidazole rings is 1. The third-order valence-corrected chi connectivity index (χ3v) is 6.71. The summed E-state index contributed by atoms with van der Waals surface area (Å²) < 4.78 is 0. The van der Waals surface area contributed by atoms with Crippen LogP contribution in [-0.2, 0) is 36.8 Å². The van der Waals surface area contributed by atoms with Crippen LogP contribution in [0.2, 0.25) is 0 Å². The SMILES string of the molecule is O=C(O)CC(NC(=O)C(Cc1cnc[nH]1)NC(=O)C(Cc1c[nH]c2ccccc12)NC(=O)C1CCCN1)C(=O)O. The molecular formula is C26H31N7O7. The van der Waals surface area contributed by atoms with Crippen molar-refractivity contribution in [1.29, 1.82) is 0 Å². The van der Waals surface area contributed by atoms with E-state index in [0.717, 1.165) is 22.9 Å². The fraction of sp³-hybridized carbons (Fsp3) is 0.385. The van der Waals surface area contributed by atoms with Gasteiger partial charge in [-0.2, -0.15) is 0 Å². The number of carbonyl (C=O) groups excluding carboxylic acids is 3. The van der Waals surface area contributed by atoms with E-state index >= 15 is 0 Å². The van der Waals surface area contributed by atoms with E-state index in [1.54, 1.807) is 6.20 Å². The first-order valence-electron chi connectivity index (χ1n) is 12.8. The first-order chi connectivity index (χ1) is 19.2. The standard InChI is InChI=1S/C26H31N7O7/c34-22(35)10-21(26(39)40)33-25(38)20(9-15-12-27-13-30-15)32-24(37)19(31-23(36)18-6-3-7-28-18)8-14-11-29-17-5-2-1-4-16(14)17/h1-2,4-5,11-13,18-21,28-29H,3,6-10H2,(H,27,30)(H,31,36)(H,32,37)(H,33,38)(H,34,35)(H,39,40). The quantitative estimate of drug-likeness (QED) is 0.136. The largest absolute Gasteiger partial charge is 0.481 e. The fourth-order valence-corrected chi connectivity index (χ4v) is 4.66. The molecule has 4 unspecified atom stereocenters. The summed E-state index contributed by atoms with van der Waals surface area (Å²) in [6.07, 6.45) is 5.20. The normalized spacial score (nSPS) is 17.1. The van der Waals surface area contributed by atoms with Gasteiger partial charge in [0.2, 0.25) is 17.7 Å². The molecule has 0 radical (unpaired) electrons. The molecule has 1 aliphatic rings. The van der Waals surface area contributed by atoms with Crippen LogP contribution in [0.4, 0.5) is 0 Å². The van der Waals surface area contributed by atoms with Crippen LogP contribution in [0.3, 0.4) is 0 Å². The Morgan fingerprint density at radius 1 is 0.950 bits per heavy atom. The number of fused-ring (bicyclic) bond motifs is 1. The molecule has 14 heteroatoms. The van der Waals surface area contributed by atoms with Gasteiger partial charge >= 0.3 is 11.9 Å². The van der Waals surface area contributed by atoms with Gasteiger partial charge in [-0.3, -0.25) is 19.2 Å². The van der Waals surface area contributed by atoms with E-state index in [1.807, 2.05) is 24.3 Å². The van der Waals surface area contributed by atoms with Crippen LogP contribution in [0.15, 0.2) is 43.0 Å². The molecule has 1 aromatic carbocycles. The van der Waals surface area contributed by atoms with E-state index in [1.165, 1.54) is 12.5 Å². The number of nitrogens with one attached hydrogen (secondary N) is 6. The molecule has 0 saturated carbocycles. The van der Waals surface area contributed by atoms with Crippen LogP contribution in [-0.4, -0.2) is 85.5 Å². The third kappa shape index (κ3) is 7.22. The highest BCUT2D eigenvalue weighted by atomic mass is 16.4. The Balaban J connectivity index is 1.56. The van der Waals surface area contributed by atoms with Crippen molar-refractivity contribution in [2.75, 3.05) is 6.54 Å². The second kappa shape index (κ2) is 12.9. The molecule has 4 atom stereocenters. The summed E-state index contributed by atoms with van der Waals surface area (Å²) in [6.45, 7) is 0.685. The maximum absolute atomic E-state index is 13.6. The number of hydrogen-bond donors (Lipinski definition) is 8. The number of hydrogen-bond acceptors (Lipinski definition) is 7. The average Bonchev–Trinajstić information content (AvgIpc) is 3.70. The van der Waals surface area contributed by atoms with Crippen molar-refractivity contribution in [2.24, 2.45) is 0 Å². The Hall–Kier alpha value is -4.72. The number of carboxylic acid groups (broad SMARTS) is 2. The number of rotatable bonds is 13. The van der Waals surface area contributed by atoms with Crippen LogP contribution in [0, 0.1) is 0 Å². The van der Waals surface area contributed by atoms with Crippen LogP contribution < -0.4 is 21.3 Å². The maximum atomic E-state index is 13.6. The van der Waals surface area contributed by atoms with Crippen molar-refractivity contribution in [3.8, 4) is 0 Å². The Bertz CT molecular complexity index is 1360. The van der Waals surface area contributed by atoms with E-state index < -0.39 is 54.3 Å². The third-order valence-electron chi connectivity index (χ3n) is 6.71. The average molecular weight is 554 g/mol. The number of para-hydroxylation sites is 1. The Kier molecular flexibility index (Phi) is 9.11. The number of nitrogens with zero attached hydrogens (tertiary/aromatic N) is 1. The van der Waals surface area contributed by atoms with E-state index in [-0.39, 0.29) is 18.7 Å².